The van der Waals surface area contributed by atoms with Crippen LogP contribution in [0.3, 0.4) is 0 Å². The monoisotopic (exact) mass is 358 g/mol. The van der Waals surface area contributed by atoms with Gasteiger partial charge in [0.2, 0.25) is 0 Å². The van der Waals surface area contributed by atoms with Crippen LogP contribution in [0.2, 0.25) is 0 Å². The van der Waals surface area contributed by atoms with Crippen LogP contribution in [0.25, 0.3) is 11.0 Å². The predicted molar refractivity (Wildman–Crippen MR) is 84.4 cm³/mol. The van der Waals surface area contributed by atoms with E-state index in [0.29, 0.717) is 18.8 Å². The van der Waals surface area contributed by atoms with Crippen LogP contribution in [0, 0.1) is 6.92 Å². The maximum absolute atomic E-state index is 12.4. The van der Waals surface area contributed by atoms with E-state index in [1.165, 1.54) is 0 Å². The summed E-state index contributed by atoms with van der Waals surface area (Å²) in [6.07, 6.45) is 0.858. The number of rotatable bonds is 1. The molecule has 1 aliphatic rings. The summed E-state index contributed by atoms with van der Waals surface area (Å²) in [7, 11) is 0. The highest BCUT2D eigenvalue weighted by Crippen LogP contribution is 2.29. The Bertz CT molecular complexity index is 656. The Morgan fingerprint density at radius 2 is 2.25 bits per heavy atom. The number of benzene rings is 1. The quantitative estimate of drug-likeness (QED) is 0.851. The second kappa shape index (κ2) is 5.76. The molecular formula is C14H16BrClN2O2. The van der Waals surface area contributed by atoms with E-state index < -0.39 is 0 Å². The molecule has 3 rings (SSSR count). The van der Waals surface area contributed by atoms with Gasteiger partial charge in [-0.2, -0.15) is 0 Å². The fourth-order valence-corrected chi connectivity index (χ4v) is 2.87. The third-order valence-electron chi connectivity index (χ3n) is 3.60. The molecule has 2 N–H and O–H groups in total. The molecule has 1 aromatic heterocycles. The lowest BCUT2D eigenvalue weighted by atomic mass is 10.1. The highest BCUT2D eigenvalue weighted by Gasteiger charge is 2.28. The summed E-state index contributed by atoms with van der Waals surface area (Å²) in [5, 5.41) is 0.973. The van der Waals surface area contributed by atoms with E-state index >= 15 is 0 Å². The van der Waals surface area contributed by atoms with Gasteiger partial charge >= 0.3 is 0 Å². The molecule has 0 saturated carbocycles. The first-order valence-corrected chi connectivity index (χ1v) is 7.09. The largest absolute Gasteiger partial charge is 0.451 e. The number of hydrogen-bond donors (Lipinski definition) is 1. The van der Waals surface area contributed by atoms with Crippen molar-refractivity contribution >= 4 is 45.2 Å². The van der Waals surface area contributed by atoms with Crippen LogP contribution in [-0.2, 0) is 0 Å². The lowest BCUT2D eigenvalue weighted by Gasteiger charge is -2.14. The standard InChI is InChI=1S/C14H15BrN2O2.ClH/c1-8-11-6-9(15)2-3-12(11)19-13(8)14(18)17-5-4-10(16)7-17;/h2-3,6,10H,4-5,7,16H2,1H3;1H/t10-;/m1./s1. The van der Waals surface area contributed by atoms with Crippen molar-refractivity contribution in [1.29, 1.82) is 0 Å². The number of nitrogens with zero attached hydrogens (tertiary/aromatic N) is 1. The maximum atomic E-state index is 12.4. The lowest BCUT2D eigenvalue weighted by Crippen LogP contribution is -2.31. The molecule has 0 unspecified atom stereocenters. The summed E-state index contributed by atoms with van der Waals surface area (Å²) in [5.74, 6) is 0.375. The molecule has 2 aromatic rings. The minimum Gasteiger partial charge on any atom is -0.451 e. The van der Waals surface area contributed by atoms with Crippen LogP contribution in [0.1, 0.15) is 22.5 Å². The summed E-state index contributed by atoms with van der Waals surface area (Å²) >= 11 is 3.43. The Kier molecular flexibility index (Phi) is 4.42. The first-order valence-electron chi connectivity index (χ1n) is 6.30. The van der Waals surface area contributed by atoms with E-state index in [1.54, 1.807) is 4.90 Å². The molecule has 1 fully saturated rings. The third-order valence-corrected chi connectivity index (χ3v) is 4.10. The van der Waals surface area contributed by atoms with E-state index in [0.717, 1.165) is 27.4 Å². The zero-order chi connectivity index (χ0) is 13.6. The smallest absolute Gasteiger partial charge is 0.289 e. The molecular weight excluding hydrogens is 344 g/mol. The molecule has 0 bridgehead atoms. The van der Waals surface area contributed by atoms with Gasteiger partial charge < -0.3 is 15.1 Å². The number of furan rings is 1. The van der Waals surface area contributed by atoms with Gasteiger partial charge in [-0.15, -0.1) is 12.4 Å². The molecule has 6 heteroatoms. The van der Waals surface area contributed by atoms with Gasteiger partial charge in [0.05, 0.1) is 0 Å². The molecule has 1 atom stereocenters. The van der Waals surface area contributed by atoms with Crippen LogP contribution in [0.4, 0.5) is 0 Å². The van der Waals surface area contributed by atoms with Crippen molar-refractivity contribution in [2.75, 3.05) is 13.1 Å². The topological polar surface area (TPSA) is 59.5 Å². The summed E-state index contributed by atoms with van der Waals surface area (Å²) in [6.45, 7) is 3.24. The number of aryl methyl sites for hydroxylation is 1. The second-order valence-electron chi connectivity index (χ2n) is 5.00. The summed E-state index contributed by atoms with van der Waals surface area (Å²) in [6, 6.07) is 5.84. The number of halogens is 2. The fourth-order valence-electron chi connectivity index (χ4n) is 2.51. The van der Waals surface area contributed by atoms with E-state index in [-0.39, 0.29) is 24.4 Å². The average molecular weight is 360 g/mol. The first-order chi connectivity index (χ1) is 9.06. The number of nitrogens with two attached hydrogens (primary N) is 1. The van der Waals surface area contributed by atoms with Gasteiger partial charge in [0.25, 0.3) is 5.91 Å². The van der Waals surface area contributed by atoms with Crippen LogP contribution in [0.5, 0.6) is 0 Å². The maximum Gasteiger partial charge on any atom is 0.289 e. The Labute approximate surface area is 131 Å². The molecule has 2 heterocycles. The van der Waals surface area contributed by atoms with Gasteiger partial charge in [0.1, 0.15) is 5.58 Å². The normalized spacial score (nSPS) is 18.4. The summed E-state index contributed by atoms with van der Waals surface area (Å²) in [5.41, 5.74) is 7.48. The Morgan fingerprint density at radius 1 is 1.50 bits per heavy atom. The molecule has 1 aromatic carbocycles. The Hall–Kier alpha value is -1.04. The Balaban J connectivity index is 0.00000147. The fraction of sp³-hybridized carbons (Fsp3) is 0.357. The zero-order valence-corrected chi connectivity index (χ0v) is 13.5. The van der Waals surface area contributed by atoms with Crippen molar-refractivity contribution in [1.82, 2.24) is 4.90 Å². The van der Waals surface area contributed by atoms with Crippen LogP contribution in [0.15, 0.2) is 27.1 Å². The predicted octanol–water partition coefficient (Wildman–Crippen LogP) is 3.10. The summed E-state index contributed by atoms with van der Waals surface area (Å²) < 4.78 is 6.69. The SMILES string of the molecule is Cc1c(C(=O)N2CC[C@@H](N)C2)oc2ccc(Br)cc12.Cl. The van der Waals surface area contributed by atoms with Crippen molar-refractivity contribution in [3.05, 3.63) is 34.0 Å². The Morgan fingerprint density at radius 3 is 2.90 bits per heavy atom. The molecule has 20 heavy (non-hydrogen) atoms. The van der Waals surface area contributed by atoms with Gasteiger partial charge in [-0.3, -0.25) is 4.79 Å². The number of fused-ring (bicyclic) bond motifs is 1. The highest BCUT2D eigenvalue weighted by atomic mass is 79.9. The van der Waals surface area contributed by atoms with Crippen molar-refractivity contribution in [3.63, 3.8) is 0 Å². The van der Waals surface area contributed by atoms with E-state index in [4.69, 9.17) is 10.2 Å². The molecule has 0 spiro atoms. The van der Waals surface area contributed by atoms with Crippen LogP contribution >= 0.6 is 28.3 Å². The molecule has 1 amide bonds. The number of likely N-dealkylation sites (tertiary alicyclic amines) is 1. The lowest BCUT2D eigenvalue weighted by molar-refractivity contribution is 0.0760. The number of amides is 1. The van der Waals surface area contributed by atoms with Gasteiger partial charge in [-0.05, 0) is 31.5 Å². The van der Waals surface area contributed by atoms with Crippen LogP contribution < -0.4 is 5.73 Å². The molecule has 0 aliphatic carbocycles. The van der Waals surface area contributed by atoms with E-state index in [2.05, 4.69) is 15.9 Å². The van der Waals surface area contributed by atoms with E-state index in [9.17, 15) is 4.79 Å². The molecule has 4 nitrogen and oxygen atoms in total. The van der Waals surface area contributed by atoms with E-state index in [1.807, 2.05) is 25.1 Å². The molecule has 0 radical (unpaired) electrons. The van der Waals surface area contributed by atoms with Crippen molar-refractivity contribution in [2.24, 2.45) is 5.73 Å². The molecule has 1 saturated heterocycles. The average Bonchev–Trinajstić information content (AvgIpc) is 2.94. The minimum atomic E-state index is -0.0576. The van der Waals surface area contributed by atoms with Crippen molar-refractivity contribution < 1.29 is 9.21 Å². The van der Waals surface area contributed by atoms with Gasteiger partial charge in [-0.1, -0.05) is 15.9 Å². The second-order valence-corrected chi connectivity index (χ2v) is 5.91. The minimum absolute atomic E-state index is 0. The highest BCUT2D eigenvalue weighted by molar-refractivity contribution is 9.10. The first kappa shape index (κ1) is 15.4. The number of hydrogen-bond acceptors (Lipinski definition) is 3. The van der Waals surface area contributed by atoms with Gasteiger partial charge in [-0.25, -0.2) is 0 Å². The van der Waals surface area contributed by atoms with Crippen LogP contribution in [-0.4, -0.2) is 29.9 Å². The van der Waals surface area contributed by atoms with Crippen molar-refractivity contribution in [3.8, 4) is 0 Å². The number of carbonyl (C=O) groups is 1. The zero-order valence-electron chi connectivity index (χ0n) is 11.1. The van der Waals surface area contributed by atoms with Gasteiger partial charge in [0.15, 0.2) is 5.76 Å². The summed E-state index contributed by atoms with van der Waals surface area (Å²) in [4.78, 5) is 14.2. The molecule has 1 aliphatic heterocycles. The third kappa shape index (κ3) is 2.57. The number of carbonyl (C=O) groups excluding carboxylic acids is 1. The van der Waals surface area contributed by atoms with Gasteiger partial charge in [0, 0.05) is 34.6 Å². The molecule has 108 valence electrons. The van der Waals surface area contributed by atoms with Crippen molar-refractivity contribution in [2.45, 2.75) is 19.4 Å².